The highest BCUT2D eigenvalue weighted by atomic mass is 35.5. The summed E-state index contributed by atoms with van der Waals surface area (Å²) in [6.07, 6.45) is 1.46. The summed E-state index contributed by atoms with van der Waals surface area (Å²) >= 11 is 5.74. The van der Waals surface area contributed by atoms with Gasteiger partial charge in [-0.05, 0) is 37.1 Å². The zero-order valence-corrected chi connectivity index (χ0v) is 11.9. The van der Waals surface area contributed by atoms with E-state index in [0.29, 0.717) is 23.7 Å². The second-order valence-electron chi connectivity index (χ2n) is 4.41. The Hall–Kier alpha value is -1.11. The highest BCUT2D eigenvalue weighted by molar-refractivity contribution is 7.89. The Morgan fingerprint density at radius 3 is 2.58 bits per heavy atom. The average molecular weight is 303 g/mol. The van der Waals surface area contributed by atoms with Crippen LogP contribution in [0.5, 0.6) is 0 Å². The molecule has 0 bridgehead atoms. The van der Waals surface area contributed by atoms with Gasteiger partial charge in [0.25, 0.3) is 0 Å². The van der Waals surface area contributed by atoms with Crippen molar-refractivity contribution in [1.29, 1.82) is 0 Å². The number of halogens is 1. The molecule has 1 aliphatic heterocycles. The first-order valence-corrected chi connectivity index (χ1v) is 7.99. The summed E-state index contributed by atoms with van der Waals surface area (Å²) in [4.78, 5) is 11.8. The van der Waals surface area contributed by atoms with Gasteiger partial charge in [0.15, 0.2) is 0 Å². The van der Waals surface area contributed by atoms with Gasteiger partial charge < -0.3 is 5.32 Å². The number of benzene rings is 1. The molecular formula is C12H15ClN2O3S. The van der Waals surface area contributed by atoms with E-state index in [1.807, 2.05) is 0 Å². The van der Waals surface area contributed by atoms with Gasteiger partial charge in [-0.3, -0.25) is 4.79 Å². The number of nitrogens with zero attached hydrogens (tertiary/aromatic N) is 1. The van der Waals surface area contributed by atoms with Crippen molar-refractivity contribution in [2.24, 2.45) is 0 Å². The van der Waals surface area contributed by atoms with E-state index in [-0.39, 0.29) is 18.2 Å². The molecule has 19 heavy (non-hydrogen) atoms. The van der Waals surface area contributed by atoms with Crippen LogP contribution in [0.3, 0.4) is 0 Å². The standard InChI is InChI=1S/C12H15ClN2O3S/c13-10-3-5-11(6-4-10)14-12(16)9-15-7-1-2-8-19(15,17)18/h3-6H,1-2,7-9H2,(H,14,16). The Morgan fingerprint density at radius 1 is 1.26 bits per heavy atom. The van der Waals surface area contributed by atoms with Crippen molar-refractivity contribution in [3.8, 4) is 0 Å². The molecule has 0 aliphatic carbocycles. The molecule has 0 aromatic heterocycles. The highest BCUT2D eigenvalue weighted by Gasteiger charge is 2.27. The summed E-state index contributed by atoms with van der Waals surface area (Å²) in [5.41, 5.74) is 0.601. The molecule has 2 rings (SSSR count). The average Bonchev–Trinajstić information content (AvgIpc) is 2.35. The quantitative estimate of drug-likeness (QED) is 0.924. The number of carbonyl (C=O) groups is 1. The molecule has 1 aromatic rings. The Balaban J connectivity index is 1.96. The first kappa shape index (κ1) is 14.3. The molecule has 1 saturated heterocycles. The Bertz CT molecular complexity index is 557. The van der Waals surface area contributed by atoms with Gasteiger partial charge >= 0.3 is 0 Å². The molecule has 0 radical (unpaired) electrons. The molecule has 1 aromatic carbocycles. The second-order valence-corrected chi connectivity index (χ2v) is 6.94. The molecule has 1 fully saturated rings. The van der Waals surface area contributed by atoms with Gasteiger partial charge in [-0.1, -0.05) is 11.6 Å². The predicted octanol–water partition coefficient (Wildman–Crippen LogP) is 1.70. The molecule has 1 aliphatic rings. The first-order chi connectivity index (χ1) is 8.97. The predicted molar refractivity (Wildman–Crippen MR) is 74.7 cm³/mol. The highest BCUT2D eigenvalue weighted by Crippen LogP contribution is 2.15. The minimum Gasteiger partial charge on any atom is -0.325 e. The van der Waals surface area contributed by atoms with Gasteiger partial charge in [0.05, 0.1) is 12.3 Å². The molecule has 5 nitrogen and oxygen atoms in total. The number of hydrogen-bond acceptors (Lipinski definition) is 3. The lowest BCUT2D eigenvalue weighted by Gasteiger charge is -2.25. The molecule has 0 saturated carbocycles. The molecule has 1 amide bonds. The fraction of sp³-hybridized carbons (Fsp3) is 0.417. The van der Waals surface area contributed by atoms with Gasteiger partial charge in [-0.2, -0.15) is 4.31 Å². The van der Waals surface area contributed by atoms with Crippen molar-refractivity contribution in [1.82, 2.24) is 4.31 Å². The lowest BCUT2D eigenvalue weighted by molar-refractivity contribution is -0.116. The van der Waals surface area contributed by atoms with E-state index in [9.17, 15) is 13.2 Å². The van der Waals surface area contributed by atoms with Crippen LogP contribution in [-0.2, 0) is 14.8 Å². The van der Waals surface area contributed by atoms with Crippen molar-refractivity contribution in [3.05, 3.63) is 29.3 Å². The van der Waals surface area contributed by atoms with Crippen LogP contribution in [0.25, 0.3) is 0 Å². The minimum absolute atomic E-state index is 0.126. The Labute approximate surface area is 117 Å². The Kier molecular flexibility index (Phi) is 4.44. The van der Waals surface area contributed by atoms with Gasteiger partial charge in [-0.25, -0.2) is 8.42 Å². The maximum Gasteiger partial charge on any atom is 0.239 e. The smallest absolute Gasteiger partial charge is 0.239 e. The molecule has 1 N–H and O–H groups in total. The molecule has 104 valence electrons. The molecule has 7 heteroatoms. The van der Waals surface area contributed by atoms with Crippen LogP contribution in [0, 0.1) is 0 Å². The lowest BCUT2D eigenvalue weighted by Crippen LogP contribution is -2.42. The Morgan fingerprint density at radius 2 is 1.95 bits per heavy atom. The van der Waals surface area contributed by atoms with Crippen LogP contribution in [0.2, 0.25) is 5.02 Å². The number of anilines is 1. The van der Waals surface area contributed by atoms with Gasteiger partial charge in [0.2, 0.25) is 15.9 Å². The summed E-state index contributed by atoms with van der Waals surface area (Å²) < 4.78 is 24.7. The summed E-state index contributed by atoms with van der Waals surface area (Å²) in [5, 5.41) is 3.23. The number of carbonyl (C=O) groups excluding carboxylic acids is 1. The topological polar surface area (TPSA) is 66.5 Å². The maximum atomic E-state index is 11.8. The summed E-state index contributed by atoms with van der Waals surface area (Å²) in [6, 6.07) is 6.67. The molecule has 1 heterocycles. The van der Waals surface area contributed by atoms with Crippen molar-refractivity contribution < 1.29 is 13.2 Å². The normalized spacial score (nSPS) is 19.0. The van der Waals surface area contributed by atoms with Crippen LogP contribution in [0.4, 0.5) is 5.69 Å². The SMILES string of the molecule is O=C(CN1CCCCS1(=O)=O)Nc1ccc(Cl)cc1. The van der Waals surface area contributed by atoms with E-state index in [0.717, 1.165) is 6.42 Å². The van der Waals surface area contributed by atoms with Crippen LogP contribution < -0.4 is 5.32 Å². The second kappa shape index (κ2) is 5.90. The number of rotatable bonds is 3. The van der Waals surface area contributed by atoms with Gasteiger partial charge in [-0.15, -0.1) is 0 Å². The number of amides is 1. The van der Waals surface area contributed by atoms with Crippen molar-refractivity contribution in [3.63, 3.8) is 0 Å². The third kappa shape index (κ3) is 3.92. The van der Waals surface area contributed by atoms with Crippen LogP contribution in [-0.4, -0.2) is 37.5 Å². The fourth-order valence-corrected chi connectivity index (χ4v) is 3.59. The number of nitrogens with one attached hydrogen (secondary N) is 1. The van der Waals surface area contributed by atoms with E-state index in [4.69, 9.17) is 11.6 Å². The largest absolute Gasteiger partial charge is 0.325 e. The number of sulfonamides is 1. The summed E-state index contributed by atoms with van der Waals surface area (Å²) in [6.45, 7) is 0.279. The van der Waals surface area contributed by atoms with Crippen molar-refractivity contribution in [2.45, 2.75) is 12.8 Å². The molecule has 0 spiro atoms. The lowest BCUT2D eigenvalue weighted by atomic mass is 10.3. The van der Waals surface area contributed by atoms with E-state index in [2.05, 4.69) is 5.32 Å². The summed E-state index contributed by atoms with van der Waals surface area (Å²) in [5.74, 6) is -0.214. The van der Waals surface area contributed by atoms with Crippen LogP contribution >= 0.6 is 11.6 Å². The van der Waals surface area contributed by atoms with Crippen molar-refractivity contribution in [2.75, 3.05) is 24.2 Å². The molecular weight excluding hydrogens is 288 g/mol. The minimum atomic E-state index is -3.27. The fourth-order valence-electron chi connectivity index (χ4n) is 1.91. The first-order valence-electron chi connectivity index (χ1n) is 6.01. The third-order valence-electron chi connectivity index (χ3n) is 2.90. The van der Waals surface area contributed by atoms with Crippen LogP contribution in [0.1, 0.15) is 12.8 Å². The van der Waals surface area contributed by atoms with E-state index in [1.54, 1.807) is 24.3 Å². The zero-order chi connectivity index (χ0) is 13.9. The molecule has 0 atom stereocenters. The van der Waals surface area contributed by atoms with E-state index >= 15 is 0 Å². The third-order valence-corrected chi connectivity index (χ3v) is 5.06. The van der Waals surface area contributed by atoms with Gasteiger partial charge in [0, 0.05) is 17.3 Å². The summed E-state index contributed by atoms with van der Waals surface area (Å²) in [7, 11) is -3.27. The van der Waals surface area contributed by atoms with Crippen LogP contribution in [0.15, 0.2) is 24.3 Å². The van der Waals surface area contributed by atoms with E-state index < -0.39 is 10.0 Å². The monoisotopic (exact) mass is 302 g/mol. The van der Waals surface area contributed by atoms with E-state index in [1.165, 1.54) is 4.31 Å². The zero-order valence-electron chi connectivity index (χ0n) is 10.3. The van der Waals surface area contributed by atoms with Crippen molar-refractivity contribution >= 4 is 33.2 Å². The maximum absolute atomic E-state index is 11.8. The number of hydrogen-bond donors (Lipinski definition) is 1. The molecule has 0 unspecified atom stereocenters. The van der Waals surface area contributed by atoms with Gasteiger partial charge in [0.1, 0.15) is 0 Å².